The molecule has 0 saturated carbocycles. The van der Waals surface area contributed by atoms with E-state index in [0.717, 1.165) is 44.5 Å². The predicted molar refractivity (Wildman–Crippen MR) is 375 cm³/mol. The maximum absolute atomic E-state index is 13.7. The highest BCUT2D eigenvalue weighted by Crippen LogP contribution is 2.40. The summed E-state index contributed by atoms with van der Waals surface area (Å²) in [5.41, 5.74) is 7.26. The van der Waals surface area contributed by atoms with Crippen molar-refractivity contribution < 1.29 is 85.7 Å². The Bertz CT molecular complexity index is 3650. The van der Waals surface area contributed by atoms with Crippen LogP contribution in [0.25, 0.3) is 0 Å². The molecule has 0 radical (unpaired) electrons. The van der Waals surface area contributed by atoms with E-state index in [1.165, 1.54) is 6.92 Å². The van der Waals surface area contributed by atoms with Gasteiger partial charge in [-0.2, -0.15) is 0 Å². The lowest BCUT2D eigenvalue weighted by Gasteiger charge is -2.51. The van der Waals surface area contributed by atoms with Gasteiger partial charge in [0.05, 0.1) is 83.9 Å². The van der Waals surface area contributed by atoms with Gasteiger partial charge in [0.25, 0.3) is 0 Å². The summed E-state index contributed by atoms with van der Waals surface area (Å²) in [5, 5.41) is 13.7. The summed E-state index contributed by atoms with van der Waals surface area (Å²) in [6.45, 7) is 10.2. The smallest absolute Gasteiger partial charge is 0.303 e. The van der Waals surface area contributed by atoms with Gasteiger partial charge in [-0.3, -0.25) is 4.79 Å². The Morgan fingerprint density at radius 2 is 0.574 bits per heavy atom. The van der Waals surface area contributed by atoms with E-state index in [-0.39, 0.29) is 59.5 Å². The predicted octanol–water partition coefficient (Wildman–Crippen LogP) is 12.8. The first-order valence-corrected chi connectivity index (χ1v) is 35.1. The van der Waals surface area contributed by atoms with E-state index in [4.69, 9.17) is 75.8 Å². The molecule has 12 rings (SSSR count). The summed E-state index contributed by atoms with van der Waals surface area (Å²) in [6, 6.07) is 78.7. The van der Waals surface area contributed by atoms with E-state index < -0.39 is 129 Å². The zero-order valence-corrected chi connectivity index (χ0v) is 57.9. The maximum atomic E-state index is 13.7. The van der Waals surface area contributed by atoms with Gasteiger partial charge >= 0.3 is 5.97 Å². The number of aliphatic hydroxyl groups is 1. The van der Waals surface area contributed by atoms with Crippen molar-refractivity contribution in [2.24, 2.45) is 0 Å². The van der Waals surface area contributed by atoms with Gasteiger partial charge in [-0.15, -0.1) is 0 Å². The molecular formula is C83H94O18. The third-order valence-electron chi connectivity index (χ3n) is 18.6. The summed E-state index contributed by atoms with van der Waals surface area (Å²) >= 11 is 0. The molecule has 0 amide bonds. The van der Waals surface area contributed by atoms with Crippen LogP contribution in [0, 0.1) is 0 Å². The quantitative estimate of drug-likeness (QED) is 0.0392. The summed E-state index contributed by atoms with van der Waals surface area (Å²) in [4.78, 5) is 13.2. The van der Waals surface area contributed by atoms with Crippen molar-refractivity contribution in [2.45, 2.75) is 210 Å². The Morgan fingerprint density at radius 1 is 0.297 bits per heavy atom. The lowest BCUT2D eigenvalue weighted by molar-refractivity contribution is -0.399. The number of hydrogen-bond donors (Lipinski definition) is 1. The Hall–Kier alpha value is -7.41. The minimum atomic E-state index is -1.67. The van der Waals surface area contributed by atoms with Crippen molar-refractivity contribution in [1.29, 1.82) is 0 Å². The molecule has 0 spiro atoms. The van der Waals surface area contributed by atoms with Crippen LogP contribution in [0.3, 0.4) is 0 Å². The van der Waals surface area contributed by atoms with Crippen LogP contribution in [-0.4, -0.2) is 140 Å². The first-order valence-electron chi connectivity index (χ1n) is 35.1. The number of ether oxygens (including phenoxy) is 16. The van der Waals surface area contributed by atoms with Crippen LogP contribution in [0.15, 0.2) is 243 Å². The van der Waals surface area contributed by atoms with Crippen molar-refractivity contribution in [3.8, 4) is 0 Å². The highest BCUT2D eigenvalue weighted by Gasteiger charge is 2.58. The molecule has 0 aliphatic carbocycles. The fourth-order valence-electron chi connectivity index (χ4n) is 13.5. The molecule has 20 atom stereocenters. The maximum Gasteiger partial charge on any atom is 0.303 e. The van der Waals surface area contributed by atoms with Crippen LogP contribution in [0.1, 0.15) is 79.1 Å². The normalized spacial score (nSPS) is 29.8. The van der Waals surface area contributed by atoms with E-state index in [0.29, 0.717) is 0 Å². The Morgan fingerprint density at radius 3 is 0.970 bits per heavy atom. The van der Waals surface area contributed by atoms with Crippen LogP contribution in [0.5, 0.6) is 0 Å². The lowest BCUT2D eigenvalue weighted by atomic mass is 9.94. The molecule has 0 bridgehead atoms. The van der Waals surface area contributed by atoms with Crippen molar-refractivity contribution in [1.82, 2.24) is 0 Å². The molecule has 101 heavy (non-hydrogen) atoms. The largest absolute Gasteiger partial charge is 0.457 e. The summed E-state index contributed by atoms with van der Waals surface area (Å²) < 4.78 is 112. The van der Waals surface area contributed by atoms with E-state index in [1.807, 2.05) is 270 Å². The average Bonchev–Trinajstić information content (AvgIpc) is 0.767. The number of carbonyl (C=O) groups excluding carboxylic acids is 1. The second-order valence-corrected chi connectivity index (χ2v) is 26.2. The number of hydrogen-bond acceptors (Lipinski definition) is 18. The van der Waals surface area contributed by atoms with Gasteiger partial charge < -0.3 is 80.9 Å². The molecule has 0 aromatic heterocycles. The Balaban J connectivity index is 0.941. The minimum Gasteiger partial charge on any atom is -0.457 e. The van der Waals surface area contributed by atoms with Crippen LogP contribution in [-0.2, 0) is 133 Å². The van der Waals surface area contributed by atoms with E-state index in [9.17, 15) is 9.90 Å². The van der Waals surface area contributed by atoms with Gasteiger partial charge in [-0.05, 0) is 72.2 Å². The van der Waals surface area contributed by atoms with Gasteiger partial charge in [0.1, 0.15) is 73.2 Å². The Kier molecular flexibility index (Phi) is 27.0. The molecule has 1 N–H and O–H groups in total. The zero-order chi connectivity index (χ0) is 69.7. The number of aliphatic hydroxyl groups excluding tert-OH is 1. The molecule has 4 fully saturated rings. The number of esters is 1. The third-order valence-corrected chi connectivity index (χ3v) is 18.6. The highest BCUT2D eigenvalue weighted by molar-refractivity contribution is 5.66. The fraction of sp³-hybridized carbons (Fsp3) is 0.410. The topological polar surface area (TPSA) is 185 Å². The second-order valence-electron chi connectivity index (χ2n) is 26.2. The van der Waals surface area contributed by atoms with E-state index in [1.54, 1.807) is 0 Å². The lowest BCUT2D eigenvalue weighted by Crippen LogP contribution is -2.68. The molecule has 18 nitrogen and oxygen atoms in total. The van der Waals surface area contributed by atoms with Crippen LogP contribution < -0.4 is 0 Å². The van der Waals surface area contributed by atoms with Gasteiger partial charge in [-0.1, -0.05) is 243 Å². The van der Waals surface area contributed by atoms with Crippen molar-refractivity contribution in [3.05, 3.63) is 287 Å². The zero-order valence-electron chi connectivity index (χ0n) is 57.9. The van der Waals surface area contributed by atoms with Crippen molar-refractivity contribution in [2.75, 3.05) is 6.61 Å². The molecule has 18 heteroatoms. The van der Waals surface area contributed by atoms with Gasteiger partial charge in [-0.25, -0.2) is 0 Å². The van der Waals surface area contributed by atoms with Crippen LogP contribution in [0.4, 0.5) is 0 Å². The molecule has 8 unspecified atom stereocenters. The van der Waals surface area contributed by atoms with Crippen molar-refractivity contribution in [3.63, 3.8) is 0 Å². The molecule has 4 aliphatic rings. The highest BCUT2D eigenvalue weighted by atomic mass is 16.8. The number of carbonyl (C=O) groups is 1. The summed E-state index contributed by atoms with van der Waals surface area (Å²) in [7, 11) is 0. The van der Waals surface area contributed by atoms with Crippen molar-refractivity contribution >= 4 is 5.97 Å². The molecule has 4 heterocycles. The monoisotopic (exact) mass is 1380 g/mol. The van der Waals surface area contributed by atoms with Crippen LogP contribution >= 0.6 is 0 Å². The fourth-order valence-corrected chi connectivity index (χ4v) is 13.5. The van der Waals surface area contributed by atoms with Gasteiger partial charge in [0.15, 0.2) is 25.0 Å². The standard InChI is InChI=1S/C83H94O18/c1-55-72(89-49-63-36-20-9-21-37-63)78(73(58(4)94-55)97-59(5)84)100-83-80(76(91-51-65-40-24-11-25-41-65)71(57(3)96-83)88-48-62-34-18-8-19-35-62)101-81-69(85)75(70(56(2)95-81)87-47-61-32-16-7-17-33-61)99-82-79(93-53-67-44-28-13-29-45-67)77(92-52-66-42-26-12-27-43-66)74(90-50-64-38-22-10-23-39-64)68(98-82)54-86-46-60-30-14-6-15-31-60/h6-45,55-58,68-83,85H,46-54H2,1-5H3/t55?,56?,57?,58-,68-,69?,70-,71-,72-,73?,74+,75+,76-,77?,78-,79?,80?,81-,82+,83-/m0/s1. The number of benzene rings is 8. The third kappa shape index (κ3) is 20.3. The summed E-state index contributed by atoms with van der Waals surface area (Å²) in [5.74, 6) is -0.549. The summed E-state index contributed by atoms with van der Waals surface area (Å²) in [6.07, 6.45) is -20.6. The average molecular weight is 1380 g/mol. The first kappa shape index (κ1) is 73.3. The Labute approximate surface area is 592 Å². The SMILES string of the molecule is CC(=O)OC1[C@H](C)OC(C)[C@H](OCc2ccccc2)[C@@H]1O[C@@H]1OC(C)[C@H](OCc2ccccc2)[C@H](OCc2ccccc2)C1O[C@@H]1OC(C)[C@H](OCc2ccccc2)[C@H](O[C@H]2O[C@@H](COCc3ccccc3)[C@@H](OCc3ccccc3)C(OCc3ccccc3)C2OCc2ccccc2)C1O. The molecule has 8 aromatic rings. The van der Waals surface area contributed by atoms with E-state index >= 15 is 0 Å². The van der Waals surface area contributed by atoms with Crippen LogP contribution in [0.2, 0.25) is 0 Å². The molecule has 4 saturated heterocycles. The molecular weight excluding hydrogens is 1280 g/mol. The minimum absolute atomic E-state index is 0.0394. The molecule has 4 aliphatic heterocycles. The van der Waals surface area contributed by atoms with E-state index in [2.05, 4.69) is 0 Å². The second kappa shape index (κ2) is 37.2. The molecule has 534 valence electrons. The van der Waals surface area contributed by atoms with Gasteiger partial charge in [0.2, 0.25) is 0 Å². The number of rotatable bonds is 32. The first-order chi connectivity index (χ1) is 49.5. The molecule has 8 aromatic carbocycles. The van der Waals surface area contributed by atoms with Gasteiger partial charge in [0, 0.05) is 6.92 Å².